The molecule has 1 unspecified atom stereocenters. The first kappa shape index (κ1) is 20.4. The Balaban J connectivity index is 1.29. The molecular formula is C23H24ClN3O3. The lowest BCUT2D eigenvalue weighted by atomic mass is 9.96. The molecule has 1 saturated heterocycles. The van der Waals surface area contributed by atoms with Crippen LogP contribution in [0.15, 0.2) is 52.9 Å². The number of rotatable bonds is 5. The summed E-state index contributed by atoms with van der Waals surface area (Å²) < 4.78 is 5.89. The summed E-state index contributed by atoms with van der Waals surface area (Å²) in [5.74, 6) is 0.794. The van der Waals surface area contributed by atoms with Crippen molar-refractivity contribution in [3.8, 4) is 0 Å². The van der Waals surface area contributed by atoms with Crippen molar-refractivity contribution < 1.29 is 14.0 Å². The number of hydrogen-bond donors (Lipinski definition) is 1. The molecule has 7 heteroatoms. The van der Waals surface area contributed by atoms with Crippen molar-refractivity contribution in [3.05, 3.63) is 65.0 Å². The Morgan fingerprint density at radius 2 is 1.93 bits per heavy atom. The van der Waals surface area contributed by atoms with Gasteiger partial charge in [-0.05, 0) is 50.1 Å². The van der Waals surface area contributed by atoms with Crippen molar-refractivity contribution in [2.45, 2.75) is 38.1 Å². The summed E-state index contributed by atoms with van der Waals surface area (Å²) >= 11 is 6.02. The quantitative estimate of drug-likeness (QED) is 0.657. The molecule has 2 amide bonds. The van der Waals surface area contributed by atoms with Gasteiger partial charge in [-0.25, -0.2) is 4.98 Å². The number of carbonyl (C=O) groups excluding carboxylic acids is 2. The first-order valence-corrected chi connectivity index (χ1v) is 10.6. The highest BCUT2D eigenvalue weighted by Crippen LogP contribution is 2.31. The third-order valence-electron chi connectivity index (χ3n) is 5.46. The van der Waals surface area contributed by atoms with Gasteiger partial charge in [-0.3, -0.25) is 9.59 Å². The second kappa shape index (κ2) is 8.88. The number of likely N-dealkylation sites (tertiary alicyclic amines) is 1. The average Bonchev–Trinajstić information content (AvgIpc) is 3.17. The molecule has 4 rings (SSSR count). The molecule has 2 heterocycles. The zero-order valence-electron chi connectivity index (χ0n) is 16.8. The van der Waals surface area contributed by atoms with E-state index in [1.807, 2.05) is 36.1 Å². The van der Waals surface area contributed by atoms with Gasteiger partial charge in [-0.2, -0.15) is 0 Å². The predicted molar refractivity (Wildman–Crippen MR) is 116 cm³/mol. The maximum Gasteiger partial charge on any atom is 0.251 e. The summed E-state index contributed by atoms with van der Waals surface area (Å²) in [4.78, 5) is 31.4. The Morgan fingerprint density at radius 1 is 1.20 bits per heavy atom. The number of nitrogens with one attached hydrogen (secondary N) is 1. The Kier molecular flexibility index (Phi) is 6.04. The van der Waals surface area contributed by atoms with E-state index in [-0.39, 0.29) is 30.2 Å². The molecular weight excluding hydrogens is 402 g/mol. The Labute approximate surface area is 180 Å². The van der Waals surface area contributed by atoms with E-state index < -0.39 is 0 Å². The molecule has 1 N–H and O–H groups in total. The van der Waals surface area contributed by atoms with Gasteiger partial charge in [0.25, 0.3) is 5.91 Å². The minimum atomic E-state index is -0.232. The molecule has 3 aromatic rings. The minimum absolute atomic E-state index is 0.0543. The number of nitrogens with zero attached hydrogens (tertiary/aromatic N) is 2. The van der Waals surface area contributed by atoms with Crippen LogP contribution in [0.1, 0.15) is 48.4 Å². The lowest BCUT2D eigenvalue weighted by molar-refractivity contribution is -0.132. The fraction of sp³-hybridized carbons (Fsp3) is 0.348. The molecule has 2 aromatic carbocycles. The lowest BCUT2D eigenvalue weighted by Gasteiger charge is -2.31. The maximum absolute atomic E-state index is 12.7. The van der Waals surface area contributed by atoms with Gasteiger partial charge in [-0.1, -0.05) is 29.8 Å². The Hall–Kier alpha value is -2.86. The number of oxazole rings is 1. The van der Waals surface area contributed by atoms with Crippen LogP contribution in [0.2, 0.25) is 5.02 Å². The molecule has 0 bridgehead atoms. The zero-order valence-corrected chi connectivity index (χ0v) is 17.6. The van der Waals surface area contributed by atoms with E-state index in [1.165, 1.54) is 0 Å². The molecule has 1 fully saturated rings. The van der Waals surface area contributed by atoms with E-state index in [0.29, 0.717) is 29.6 Å². The van der Waals surface area contributed by atoms with E-state index in [1.54, 1.807) is 24.3 Å². The summed E-state index contributed by atoms with van der Waals surface area (Å²) in [5, 5.41) is 3.53. The van der Waals surface area contributed by atoms with Gasteiger partial charge in [0.1, 0.15) is 5.52 Å². The highest BCUT2D eigenvalue weighted by Gasteiger charge is 2.28. The highest BCUT2D eigenvalue weighted by molar-refractivity contribution is 6.31. The van der Waals surface area contributed by atoms with Crippen molar-refractivity contribution >= 4 is 34.5 Å². The van der Waals surface area contributed by atoms with Crippen molar-refractivity contribution in [1.29, 1.82) is 0 Å². The summed E-state index contributed by atoms with van der Waals surface area (Å²) in [5.41, 5.74) is 2.09. The van der Waals surface area contributed by atoms with E-state index in [2.05, 4.69) is 10.3 Å². The normalized spacial score (nSPS) is 15.9. The monoisotopic (exact) mass is 425 g/mol. The molecule has 0 spiro atoms. The summed E-state index contributed by atoms with van der Waals surface area (Å²) in [6.07, 6.45) is 1.89. The third-order valence-corrected chi connectivity index (χ3v) is 5.69. The minimum Gasteiger partial charge on any atom is -0.440 e. The van der Waals surface area contributed by atoms with Gasteiger partial charge in [0.2, 0.25) is 5.91 Å². The van der Waals surface area contributed by atoms with E-state index >= 15 is 0 Å². The topological polar surface area (TPSA) is 75.4 Å². The number of piperidine rings is 1. The van der Waals surface area contributed by atoms with Gasteiger partial charge >= 0.3 is 0 Å². The molecule has 156 valence electrons. The van der Waals surface area contributed by atoms with Crippen LogP contribution < -0.4 is 5.32 Å². The number of halogens is 1. The van der Waals surface area contributed by atoms with Gasteiger partial charge in [-0.15, -0.1) is 0 Å². The van der Waals surface area contributed by atoms with Crippen LogP contribution in [0.5, 0.6) is 0 Å². The number of amides is 2. The molecule has 6 nitrogen and oxygen atoms in total. The SMILES string of the molecule is CC(CC(=O)N1CCC(c2nc3cc(Cl)ccc3o2)CC1)NC(=O)c1ccccc1. The first-order chi connectivity index (χ1) is 14.5. The van der Waals surface area contributed by atoms with Crippen LogP contribution in [0.4, 0.5) is 0 Å². The lowest BCUT2D eigenvalue weighted by Crippen LogP contribution is -2.42. The third kappa shape index (κ3) is 4.65. The molecule has 0 aliphatic carbocycles. The van der Waals surface area contributed by atoms with Crippen molar-refractivity contribution in [2.75, 3.05) is 13.1 Å². The number of benzene rings is 2. The van der Waals surface area contributed by atoms with Gasteiger partial charge in [0.15, 0.2) is 11.5 Å². The molecule has 0 saturated carbocycles. The summed E-state index contributed by atoms with van der Waals surface area (Å²) in [6, 6.07) is 14.2. The van der Waals surface area contributed by atoms with Crippen LogP contribution in [0.25, 0.3) is 11.1 Å². The smallest absolute Gasteiger partial charge is 0.251 e. The second-order valence-corrected chi connectivity index (χ2v) is 8.20. The molecule has 1 atom stereocenters. The Bertz CT molecular complexity index is 1040. The van der Waals surface area contributed by atoms with E-state index in [4.69, 9.17) is 16.0 Å². The average molecular weight is 426 g/mol. The van der Waals surface area contributed by atoms with Gasteiger partial charge < -0.3 is 14.6 Å². The zero-order chi connectivity index (χ0) is 21.1. The van der Waals surface area contributed by atoms with Crippen LogP contribution in [0.3, 0.4) is 0 Å². The molecule has 0 radical (unpaired) electrons. The van der Waals surface area contributed by atoms with Crippen LogP contribution >= 0.6 is 11.6 Å². The number of fused-ring (bicyclic) bond motifs is 1. The maximum atomic E-state index is 12.7. The largest absolute Gasteiger partial charge is 0.440 e. The molecule has 1 aliphatic heterocycles. The highest BCUT2D eigenvalue weighted by atomic mass is 35.5. The summed E-state index contributed by atoms with van der Waals surface area (Å²) in [6.45, 7) is 3.17. The summed E-state index contributed by atoms with van der Waals surface area (Å²) in [7, 11) is 0. The molecule has 30 heavy (non-hydrogen) atoms. The predicted octanol–water partition coefficient (Wildman–Crippen LogP) is 4.40. The fourth-order valence-corrected chi connectivity index (χ4v) is 3.97. The second-order valence-electron chi connectivity index (χ2n) is 7.76. The van der Waals surface area contributed by atoms with Crippen LogP contribution in [-0.2, 0) is 4.79 Å². The Morgan fingerprint density at radius 3 is 2.67 bits per heavy atom. The number of aromatic nitrogens is 1. The van der Waals surface area contributed by atoms with E-state index in [0.717, 1.165) is 23.9 Å². The van der Waals surface area contributed by atoms with Crippen molar-refractivity contribution in [2.24, 2.45) is 0 Å². The first-order valence-electron chi connectivity index (χ1n) is 10.2. The van der Waals surface area contributed by atoms with Gasteiger partial charge in [0.05, 0.1) is 0 Å². The van der Waals surface area contributed by atoms with Crippen LogP contribution in [-0.4, -0.2) is 40.8 Å². The van der Waals surface area contributed by atoms with E-state index in [9.17, 15) is 9.59 Å². The van der Waals surface area contributed by atoms with Crippen molar-refractivity contribution in [1.82, 2.24) is 15.2 Å². The molecule has 1 aromatic heterocycles. The fourth-order valence-electron chi connectivity index (χ4n) is 3.81. The number of carbonyl (C=O) groups is 2. The molecule has 1 aliphatic rings. The number of hydrogen-bond acceptors (Lipinski definition) is 4. The standard InChI is InChI=1S/C23H24ClN3O3/c1-15(25-22(29)16-5-3-2-4-6-16)13-21(28)27-11-9-17(10-12-27)23-26-19-14-18(24)7-8-20(19)30-23/h2-8,14-15,17H,9-13H2,1H3,(H,25,29). The van der Waals surface area contributed by atoms with Crippen molar-refractivity contribution in [3.63, 3.8) is 0 Å². The van der Waals surface area contributed by atoms with Gasteiger partial charge in [0, 0.05) is 42.1 Å². The van der Waals surface area contributed by atoms with Crippen LogP contribution in [0, 0.1) is 0 Å².